The van der Waals surface area contributed by atoms with Gasteiger partial charge in [0.2, 0.25) is 0 Å². The molecular weight excluding hydrogens is 180 g/mol. The first kappa shape index (κ1) is 10.5. The van der Waals surface area contributed by atoms with Gasteiger partial charge in [-0.15, -0.1) is 0 Å². The van der Waals surface area contributed by atoms with Crippen molar-refractivity contribution in [2.45, 2.75) is 13.3 Å². The summed E-state index contributed by atoms with van der Waals surface area (Å²) in [5.41, 5.74) is 0.958. The summed E-state index contributed by atoms with van der Waals surface area (Å²) in [6, 6.07) is 0. The van der Waals surface area contributed by atoms with Crippen LogP contribution in [0.25, 0.3) is 0 Å². The lowest BCUT2D eigenvalue weighted by Gasteiger charge is -2.05. The van der Waals surface area contributed by atoms with Crippen molar-refractivity contribution in [2.24, 2.45) is 14.1 Å². The van der Waals surface area contributed by atoms with E-state index >= 15 is 0 Å². The van der Waals surface area contributed by atoms with Gasteiger partial charge in [-0.1, -0.05) is 12.2 Å². The fraction of sp³-hybridized carbons (Fsp3) is 0.400. The second-order valence-electron chi connectivity index (χ2n) is 3.55. The molecule has 0 saturated heterocycles. The molecule has 0 N–H and O–H groups in total. The molecule has 0 aromatic carbocycles. The molecule has 4 nitrogen and oxygen atoms in total. The highest BCUT2D eigenvalue weighted by Gasteiger charge is 2.05. The Kier molecular flexibility index (Phi) is 2.74. The third-order valence-electron chi connectivity index (χ3n) is 2.01. The van der Waals surface area contributed by atoms with Crippen molar-refractivity contribution in [3.63, 3.8) is 0 Å². The third-order valence-corrected chi connectivity index (χ3v) is 2.01. The highest BCUT2D eigenvalue weighted by molar-refractivity contribution is 5.13. The fourth-order valence-corrected chi connectivity index (χ4v) is 1.33. The number of nitrogens with zero attached hydrogens (tertiary/aromatic N) is 2. The molecule has 1 aromatic heterocycles. The Bertz CT molecular complexity index is 480. The molecule has 0 amide bonds. The summed E-state index contributed by atoms with van der Waals surface area (Å²) in [7, 11) is 3.11. The number of aryl methyl sites for hydroxylation is 1. The van der Waals surface area contributed by atoms with Crippen molar-refractivity contribution in [2.75, 3.05) is 0 Å². The molecule has 4 heteroatoms. The number of allylic oxidation sites excluding steroid dienone is 1. The summed E-state index contributed by atoms with van der Waals surface area (Å²) >= 11 is 0. The van der Waals surface area contributed by atoms with Crippen LogP contribution in [0, 0.1) is 0 Å². The second kappa shape index (κ2) is 3.65. The molecule has 0 radical (unpaired) electrons. The standard InChI is InChI=1S/C10H14N2O2/c1-7(2)5-8-6-11(3)10(14)12(4)9(8)13/h6H,1,5H2,2-4H3. The van der Waals surface area contributed by atoms with Gasteiger partial charge in [0.1, 0.15) is 0 Å². The molecule has 0 aliphatic heterocycles. The molecule has 1 aromatic rings. The molecule has 0 aliphatic rings. The van der Waals surface area contributed by atoms with Crippen LogP contribution < -0.4 is 11.2 Å². The van der Waals surface area contributed by atoms with Crippen molar-refractivity contribution >= 4 is 0 Å². The Hall–Kier alpha value is -1.58. The van der Waals surface area contributed by atoms with E-state index in [4.69, 9.17) is 0 Å². The Morgan fingerprint density at radius 2 is 2.00 bits per heavy atom. The van der Waals surface area contributed by atoms with Gasteiger partial charge in [0, 0.05) is 25.9 Å². The van der Waals surface area contributed by atoms with Crippen LogP contribution in [0.2, 0.25) is 0 Å². The van der Waals surface area contributed by atoms with Crippen molar-refractivity contribution in [3.05, 3.63) is 44.8 Å². The van der Waals surface area contributed by atoms with Crippen molar-refractivity contribution in [3.8, 4) is 0 Å². The van der Waals surface area contributed by atoms with E-state index in [1.165, 1.54) is 11.6 Å². The fourth-order valence-electron chi connectivity index (χ4n) is 1.33. The van der Waals surface area contributed by atoms with E-state index in [0.717, 1.165) is 10.1 Å². The summed E-state index contributed by atoms with van der Waals surface area (Å²) in [4.78, 5) is 22.9. The van der Waals surface area contributed by atoms with Gasteiger partial charge in [-0.05, 0) is 13.3 Å². The lowest BCUT2D eigenvalue weighted by molar-refractivity contribution is 0.671. The van der Waals surface area contributed by atoms with Gasteiger partial charge >= 0.3 is 5.69 Å². The second-order valence-corrected chi connectivity index (χ2v) is 3.55. The van der Waals surface area contributed by atoms with Gasteiger partial charge in [-0.3, -0.25) is 9.36 Å². The Morgan fingerprint density at radius 1 is 1.43 bits per heavy atom. The van der Waals surface area contributed by atoms with E-state index < -0.39 is 0 Å². The Morgan fingerprint density at radius 3 is 2.50 bits per heavy atom. The first-order valence-corrected chi connectivity index (χ1v) is 4.33. The third kappa shape index (κ3) is 1.84. The number of aromatic nitrogens is 2. The van der Waals surface area contributed by atoms with Crippen LogP contribution in [-0.2, 0) is 20.5 Å². The largest absolute Gasteiger partial charge is 0.330 e. The molecule has 1 rings (SSSR count). The van der Waals surface area contributed by atoms with Crippen LogP contribution in [0.4, 0.5) is 0 Å². The normalized spacial score (nSPS) is 10.2. The van der Waals surface area contributed by atoms with E-state index in [0.29, 0.717) is 12.0 Å². The number of hydrogen-bond acceptors (Lipinski definition) is 2. The Balaban J connectivity index is 3.41. The molecule has 0 spiro atoms. The first-order chi connectivity index (χ1) is 6.43. The van der Waals surface area contributed by atoms with Crippen molar-refractivity contribution in [1.29, 1.82) is 0 Å². The summed E-state index contributed by atoms with van der Waals surface area (Å²) in [6.45, 7) is 5.59. The minimum atomic E-state index is -0.305. The van der Waals surface area contributed by atoms with E-state index in [2.05, 4.69) is 6.58 Å². The van der Waals surface area contributed by atoms with E-state index in [1.807, 2.05) is 6.92 Å². The molecule has 76 valence electrons. The monoisotopic (exact) mass is 194 g/mol. The van der Waals surface area contributed by atoms with E-state index in [9.17, 15) is 9.59 Å². The number of hydrogen-bond donors (Lipinski definition) is 0. The molecule has 0 saturated carbocycles. The predicted octanol–water partition coefficient (Wildman–Crippen LogP) is 0.203. The lowest BCUT2D eigenvalue weighted by atomic mass is 10.1. The van der Waals surface area contributed by atoms with Crippen LogP contribution in [0.3, 0.4) is 0 Å². The summed E-state index contributed by atoms with van der Waals surface area (Å²) in [6.07, 6.45) is 2.08. The molecule has 0 aliphatic carbocycles. The van der Waals surface area contributed by atoms with Gasteiger partial charge < -0.3 is 4.57 Å². The Labute approximate surface area is 82.1 Å². The molecule has 0 bridgehead atoms. The van der Waals surface area contributed by atoms with Crippen LogP contribution in [0.1, 0.15) is 12.5 Å². The summed E-state index contributed by atoms with van der Waals surface area (Å²) in [5.74, 6) is 0. The topological polar surface area (TPSA) is 44.0 Å². The van der Waals surface area contributed by atoms with Gasteiger partial charge in [0.15, 0.2) is 0 Å². The van der Waals surface area contributed by atoms with Gasteiger partial charge in [0.05, 0.1) is 0 Å². The van der Waals surface area contributed by atoms with Crippen molar-refractivity contribution < 1.29 is 0 Å². The summed E-state index contributed by atoms with van der Waals surface area (Å²) < 4.78 is 2.51. The average Bonchev–Trinajstić information content (AvgIpc) is 2.10. The smallest absolute Gasteiger partial charge is 0.303 e. The highest BCUT2D eigenvalue weighted by Crippen LogP contribution is 1.98. The average molecular weight is 194 g/mol. The quantitative estimate of drug-likeness (QED) is 0.631. The molecular formula is C10H14N2O2. The van der Waals surface area contributed by atoms with Gasteiger partial charge in [-0.2, -0.15) is 0 Å². The zero-order valence-corrected chi connectivity index (χ0v) is 8.70. The highest BCUT2D eigenvalue weighted by atomic mass is 16.2. The van der Waals surface area contributed by atoms with Crippen LogP contribution in [0.5, 0.6) is 0 Å². The minimum absolute atomic E-state index is 0.240. The first-order valence-electron chi connectivity index (χ1n) is 4.33. The van der Waals surface area contributed by atoms with E-state index in [1.54, 1.807) is 13.2 Å². The van der Waals surface area contributed by atoms with Crippen LogP contribution in [-0.4, -0.2) is 9.13 Å². The molecule has 0 atom stereocenters. The number of rotatable bonds is 2. The SMILES string of the molecule is C=C(C)Cc1cn(C)c(=O)n(C)c1=O. The zero-order valence-electron chi connectivity index (χ0n) is 8.70. The maximum Gasteiger partial charge on any atom is 0.330 e. The van der Waals surface area contributed by atoms with E-state index in [-0.39, 0.29) is 11.2 Å². The maximum atomic E-state index is 11.6. The van der Waals surface area contributed by atoms with Crippen molar-refractivity contribution in [1.82, 2.24) is 9.13 Å². The molecule has 14 heavy (non-hydrogen) atoms. The van der Waals surface area contributed by atoms with Gasteiger partial charge in [0.25, 0.3) is 5.56 Å². The van der Waals surface area contributed by atoms with Crippen LogP contribution >= 0.6 is 0 Å². The molecule has 0 unspecified atom stereocenters. The minimum Gasteiger partial charge on any atom is -0.303 e. The molecule has 0 fully saturated rings. The molecule has 1 heterocycles. The summed E-state index contributed by atoms with van der Waals surface area (Å²) in [5, 5.41) is 0. The predicted molar refractivity (Wildman–Crippen MR) is 55.4 cm³/mol. The zero-order chi connectivity index (χ0) is 10.9. The lowest BCUT2D eigenvalue weighted by Crippen LogP contribution is -2.38. The van der Waals surface area contributed by atoms with Crippen LogP contribution in [0.15, 0.2) is 27.9 Å². The van der Waals surface area contributed by atoms with Gasteiger partial charge in [-0.25, -0.2) is 4.79 Å². The maximum absolute atomic E-state index is 11.6.